The van der Waals surface area contributed by atoms with Crippen LogP contribution in [0.25, 0.3) is 0 Å². The van der Waals surface area contributed by atoms with Crippen molar-refractivity contribution >= 4 is 13.3 Å². The average Bonchev–Trinajstić information content (AvgIpc) is 2.07. The summed E-state index contributed by atoms with van der Waals surface area (Å²) in [4.78, 5) is 0. The smallest absolute Gasteiger partial charge is 0.304 e. The van der Waals surface area contributed by atoms with Crippen LogP contribution in [0.4, 0.5) is 0 Å². The minimum Gasteiger partial charge on any atom is -0.304 e. The van der Waals surface area contributed by atoms with Crippen molar-refractivity contribution in [2.24, 2.45) is 5.73 Å². The van der Waals surface area contributed by atoms with E-state index in [4.69, 9.17) is 10.3 Å². The van der Waals surface area contributed by atoms with Crippen LogP contribution in [0.1, 0.15) is 0 Å². The van der Waals surface area contributed by atoms with Gasteiger partial charge in [0.1, 0.15) is 0 Å². The van der Waals surface area contributed by atoms with Gasteiger partial charge >= 0.3 is 8.03 Å². The van der Waals surface area contributed by atoms with Crippen molar-refractivity contribution in [2.45, 2.75) is 0 Å². The quantitative estimate of drug-likeness (QED) is 0.543. The van der Waals surface area contributed by atoms with E-state index in [1.54, 1.807) is 12.1 Å². The van der Waals surface area contributed by atoms with Gasteiger partial charge in [-0.05, 0) is 16.7 Å². The van der Waals surface area contributed by atoms with Crippen molar-refractivity contribution in [2.75, 3.05) is 6.73 Å². The summed E-state index contributed by atoms with van der Waals surface area (Å²) < 4.78 is 15.8. The molecule has 0 aromatic heterocycles. The van der Waals surface area contributed by atoms with E-state index in [2.05, 4.69) is 0 Å². The Balaban J connectivity index is 2.69. The van der Waals surface area contributed by atoms with Crippen molar-refractivity contribution < 1.29 is 9.09 Å². The molecule has 11 heavy (non-hydrogen) atoms. The van der Waals surface area contributed by atoms with Crippen LogP contribution in [0.5, 0.6) is 0 Å². The maximum atomic E-state index is 11.1. The van der Waals surface area contributed by atoms with Crippen LogP contribution in [-0.2, 0) is 9.09 Å². The lowest BCUT2D eigenvalue weighted by Crippen LogP contribution is -2.03. The van der Waals surface area contributed by atoms with Gasteiger partial charge in [-0.1, -0.05) is 18.2 Å². The molecule has 0 bridgehead atoms. The Morgan fingerprint density at radius 2 is 2.00 bits per heavy atom. The fourth-order valence-corrected chi connectivity index (χ4v) is 1.39. The third-order valence-electron chi connectivity index (χ3n) is 1.16. The lowest BCUT2D eigenvalue weighted by atomic mass is 10.4. The summed E-state index contributed by atoms with van der Waals surface area (Å²) in [6, 6.07) is 8.96. The van der Waals surface area contributed by atoms with Crippen molar-refractivity contribution in [3.8, 4) is 0 Å². The molecule has 0 aliphatic carbocycles. The highest BCUT2D eigenvalue weighted by atomic mass is 31.1. The van der Waals surface area contributed by atoms with E-state index in [0.29, 0.717) is 5.30 Å². The largest absolute Gasteiger partial charge is 0.550 e. The Kier molecular flexibility index (Phi) is 3.17. The highest BCUT2D eigenvalue weighted by molar-refractivity contribution is 7.48. The maximum absolute atomic E-state index is 11.1. The number of nitrogens with two attached hydrogens (primary N) is 1. The van der Waals surface area contributed by atoms with Crippen molar-refractivity contribution in [1.82, 2.24) is 0 Å². The summed E-state index contributed by atoms with van der Waals surface area (Å²) in [6.07, 6.45) is 0. The first-order valence-corrected chi connectivity index (χ1v) is 4.37. The van der Waals surface area contributed by atoms with Gasteiger partial charge in [0.15, 0.2) is 6.73 Å². The molecule has 0 aliphatic rings. The Bertz CT molecular complexity index is 237. The zero-order chi connectivity index (χ0) is 8.10. The molecule has 1 aromatic carbocycles. The molecule has 0 fully saturated rings. The molecule has 3 nitrogen and oxygen atoms in total. The van der Waals surface area contributed by atoms with Gasteiger partial charge in [0.25, 0.3) is 0 Å². The molecule has 0 saturated carbocycles. The molecule has 1 rings (SSSR count). The van der Waals surface area contributed by atoms with E-state index < -0.39 is 8.03 Å². The van der Waals surface area contributed by atoms with Gasteiger partial charge in [-0.2, -0.15) is 0 Å². The van der Waals surface area contributed by atoms with Gasteiger partial charge in [0, 0.05) is 0 Å². The van der Waals surface area contributed by atoms with Crippen molar-refractivity contribution in [3.05, 3.63) is 30.3 Å². The molecule has 1 unspecified atom stereocenters. The lowest BCUT2D eigenvalue weighted by Gasteiger charge is -1.84. The second-order valence-electron chi connectivity index (χ2n) is 1.89. The first kappa shape index (κ1) is 8.34. The maximum Gasteiger partial charge on any atom is 0.550 e. The number of hydrogen-bond donors (Lipinski definition) is 1. The lowest BCUT2D eigenvalue weighted by molar-refractivity contribution is 0.347. The summed E-state index contributed by atoms with van der Waals surface area (Å²) in [5.41, 5.74) is 5.06. The first-order valence-electron chi connectivity index (χ1n) is 3.20. The fraction of sp³-hybridized carbons (Fsp3) is 0.143. The summed E-state index contributed by atoms with van der Waals surface area (Å²) in [6.45, 7) is -0.00982. The van der Waals surface area contributed by atoms with Crippen LogP contribution in [-0.4, -0.2) is 6.73 Å². The molecule has 58 valence electrons. The summed E-state index contributed by atoms with van der Waals surface area (Å²) in [5, 5.41) is 0.674. The predicted octanol–water partition coefficient (Wildman–Crippen LogP) is 0.987. The van der Waals surface area contributed by atoms with Crippen LogP contribution in [0, 0.1) is 0 Å². The minimum absolute atomic E-state index is 0.00982. The van der Waals surface area contributed by atoms with Crippen LogP contribution in [0.15, 0.2) is 30.3 Å². The standard InChI is InChI=1S/C7H9NO2P/c8-6-10-11(9)7-4-2-1-3-5-7/h1-5H,6,8H2/q+1. The van der Waals surface area contributed by atoms with Crippen LogP contribution in [0.3, 0.4) is 0 Å². The molecular weight excluding hydrogens is 161 g/mol. The highest BCUT2D eigenvalue weighted by Crippen LogP contribution is 2.19. The molecule has 2 N–H and O–H groups in total. The number of hydrogen-bond acceptors (Lipinski definition) is 3. The second-order valence-corrected chi connectivity index (χ2v) is 3.18. The molecule has 0 radical (unpaired) electrons. The van der Waals surface area contributed by atoms with Gasteiger partial charge in [0.2, 0.25) is 5.30 Å². The molecular formula is C7H9NO2P+. The Hall–Kier alpha value is -0.760. The van der Waals surface area contributed by atoms with E-state index in [0.717, 1.165) is 0 Å². The molecule has 0 aliphatic heterocycles. The fourth-order valence-electron chi connectivity index (χ4n) is 0.692. The van der Waals surface area contributed by atoms with Crippen molar-refractivity contribution in [3.63, 3.8) is 0 Å². The van der Waals surface area contributed by atoms with Crippen molar-refractivity contribution in [1.29, 1.82) is 0 Å². The minimum atomic E-state index is -1.75. The molecule has 0 amide bonds. The first-order chi connectivity index (χ1) is 5.34. The molecule has 0 heterocycles. The van der Waals surface area contributed by atoms with E-state index in [9.17, 15) is 4.57 Å². The van der Waals surface area contributed by atoms with E-state index in [1.165, 1.54) is 0 Å². The molecule has 0 spiro atoms. The van der Waals surface area contributed by atoms with E-state index >= 15 is 0 Å². The van der Waals surface area contributed by atoms with Gasteiger partial charge in [-0.3, -0.25) is 0 Å². The third kappa shape index (κ3) is 2.39. The normalized spacial score (nSPS) is 11.2. The molecule has 1 atom stereocenters. The van der Waals surface area contributed by atoms with Crippen LogP contribution in [0.2, 0.25) is 0 Å². The predicted molar refractivity (Wildman–Crippen MR) is 43.8 cm³/mol. The number of benzene rings is 1. The summed E-state index contributed by atoms with van der Waals surface area (Å²) in [5.74, 6) is 0. The second kappa shape index (κ2) is 4.19. The van der Waals surface area contributed by atoms with Gasteiger partial charge < -0.3 is 5.73 Å². The van der Waals surface area contributed by atoms with Gasteiger partial charge in [-0.25, -0.2) is 0 Å². The van der Waals surface area contributed by atoms with Crippen LogP contribution >= 0.6 is 8.03 Å². The van der Waals surface area contributed by atoms with Crippen LogP contribution < -0.4 is 11.0 Å². The monoisotopic (exact) mass is 170 g/mol. The zero-order valence-corrected chi connectivity index (χ0v) is 6.83. The average molecular weight is 170 g/mol. The Labute approximate surface area is 66.0 Å². The summed E-state index contributed by atoms with van der Waals surface area (Å²) in [7, 11) is -1.75. The number of rotatable bonds is 3. The molecule has 0 saturated heterocycles. The van der Waals surface area contributed by atoms with Gasteiger partial charge in [0.05, 0.1) is 0 Å². The summed E-state index contributed by atoms with van der Waals surface area (Å²) >= 11 is 0. The zero-order valence-electron chi connectivity index (χ0n) is 5.93. The van der Waals surface area contributed by atoms with E-state index in [-0.39, 0.29) is 6.73 Å². The third-order valence-corrected chi connectivity index (χ3v) is 2.26. The van der Waals surface area contributed by atoms with Gasteiger partial charge in [-0.15, -0.1) is 4.52 Å². The van der Waals surface area contributed by atoms with E-state index in [1.807, 2.05) is 18.2 Å². The topological polar surface area (TPSA) is 52.3 Å². The molecule has 1 aromatic rings. The SMILES string of the molecule is NCO[P+](=O)c1ccccc1. The Morgan fingerprint density at radius 1 is 1.36 bits per heavy atom. The Morgan fingerprint density at radius 3 is 2.55 bits per heavy atom. The molecule has 4 heteroatoms. The highest BCUT2D eigenvalue weighted by Gasteiger charge is 2.19.